The Bertz CT molecular complexity index is 1550. The maximum atomic E-state index is 15.4. The molecule has 3 aromatic carbocycles. The number of aromatic nitrogens is 2. The Hall–Kier alpha value is -3.71. The highest BCUT2D eigenvalue weighted by atomic mass is 35.5. The summed E-state index contributed by atoms with van der Waals surface area (Å²) < 4.78 is 35.0. The van der Waals surface area contributed by atoms with Gasteiger partial charge < -0.3 is 4.74 Å². The number of para-hydroxylation sites is 1. The molecule has 0 saturated carbocycles. The van der Waals surface area contributed by atoms with Crippen LogP contribution in [-0.4, -0.2) is 21.5 Å². The van der Waals surface area contributed by atoms with E-state index in [1.54, 1.807) is 31.2 Å². The molecule has 1 heterocycles. The molecule has 0 fully saturated rings. The minimum absolute atomic E-state index is 0.00367. The van der Waals surface area contributed by atoms with Crippen molar-refractivity contribution in [3.63, 3.8) is 0 Å². The Kier molecular flexibility index (Phi) is 7.88. The van der Waals surface area contributed by atoms with Crippen molar-refractivity contribution in [1.29, 1.82) is 0 Å². The number of ether oxygens (including phenoxy) is 1. The highest BCUT2D eigenvalue weighted by Crippen LogP contribution is 2.31. The fourth-order valence-electron chi connectivity index (χ4n) is 4.07. The smallest absolute Gasteiger partial charge is 0.230 e. The summed E-state index contributed by atoms with van der Waals surface area (Å²) >= 11 is 6.26. The van der Waals surface area contributed by atoms with Gasteiger partial charge in [-0.3, -0.25) is 9.59 Å². The first-order valence-corrected chi connectivity index (χ1v) is 12.5. The van der Waals surface area contributed by atoms with Gasteiger partial charge >= 0.3 is 0 Å². The molecule has 0 aliphatic rings. The Balaban J connectivity index is 1.62. The number of Topliss-reactive ketones (excluding diaryl/α,β-unsaturated/α-hetero) is 2. The fourth-order valence-corrected chi connectivity index (χ4v) is 4.32. The lowest BCUT2D eigenvalue weighted by atomic mass is 9.87. The highest BCUT2D eigenvalue weighted by molar-refractivity contribution is 6.34. The molecule has 4 rings (SSSR count). The van der Waals surface area contributed by atoms with Crippen LogP contribution in [0.15, 0.2) is 54.9 Å². The number of carbonyl (C=O) groups is 2. The Labute approximate surface area is 224 Å². The number of hydrogen-bond donors (Lipinski definition) is 0. The maximum absolute atomic E-state index is 15.4. The Morgan fingerprint density at radius 1 is 1.00 bits per heavy atom. The highest BCUT2D eigenvalue weighted by Gasteiger charge is 2.24. The van der Waals surface area contributed by atoms with Gasteiger partial charge in [0, 0.05) is 18.3 Å². The van der Waals surface area contributed by atoms with Crippen molar-refractivity contribution in [2.75, 3.05) is 0 Å². The van der Waals surface area contributed by atoms with E-state index in [9.17, 15) is 14.0 Å². The summed E-state index contributed by atoms with van der Waals surface area (Å²) in [6.45, 7) is 7.07. The molecule has 0 spiro atoms. The average molecular weight is 537 g/mol. The predicted octanol–water partition coefficient (Wildman–Crippen LogP) is 7.64. The van der Waals surface area contributed by atoms with Crippen LogP contribution in [-0.2, 0) is 17.6 Å². The fraction of sp³-hybridized carbons (Fsp3) is 0.267. The van der Waals surface area contributed by atoms with Gasteiger partial charge in [-0.1, -0.05) is 50.6 Å². The molecule has 38 heavy (non-hydrogen) atoms. The van der Waals surface area contributed by atoms with Crippen LogP contribution < -0.4 is 4.74 Å². The number of fused-ring (bicyclic) bond motifs is 1. The zero-order valence-corrected chi connectivity index (χ0v) is 22.3. The molecule has 5 nitrogen and oxygen atoms in total. The van der Waals surface area contributed by atoms with Crippen LogP contribution in [0.3, 0.4) is 0 Å². The standard InChI is InChI=1S/C30H27ClF2N2O3/c1-17-14-20(10-12-23(17)32)38-29-21-7-5-6-19(28(21)34-16-35-29)15-24(36)26-22(31)11-8-18(27(26)33)9-13-25(37)30(2,3)4/h5-8,10-12,14,16H,9,13,15H2,1-4H3. The molecule has 0 atom stereocenters. The van der Waals surface area contributed by atoms with Gasteiger partial charge in [0.05, 0.1) is 21.5 Å². The quantitative estimate of drug-likeness (QED) is 0.216. The largest absolute Gasteiger partial charge is 0.438 e. The molecule has 0 aliphatic carbocycles. The van der Waals surface area contributed by atoms with Gasteiger partial charge in [0.1, 0.15) is 29.5 Å². The number of benzene rings is 3. The molecular weight excluding hydrogens is 510 g/mol. The number of hydrogen-bond acceptors (Lipinski definition) is 5. The lowest BCUT2D eigenvalue weighted by Gasteiger charge is -2.17. The molecule has 0 aliphatic heterocycles. The Morgan fingerprint density at radius 2 is 1.76 bits per heavy atom. The van der Waals surface area contributed by atoms with Crippen molar-refractivity contribution in [3.05, 3.63) is 93.8 Å². The first kappa shape index (κ1) is 27.3. The summed E-state index contributed by atoms with van der Waals surface area (Å²) in [6.07, 6.45) is 1.48. The van der Waals surface area contributed by atoms with E-state index in [2.05, 4.69) is 9.97 Å². The van der Waals surface area contributed by atoms with E-state index >= 15 is 4.39 Å². The van der Waals surface area contributed by atoms with Gasteiger partial charge in [0.2, 0.25) is 5.88 Å². The second kappa shape index (κ2) is 11.0. The van der Waals surface area contributed by atoms with Crippen LogP contribution in [0.1, 0.15) is 54.2 Å². The molecule has 0 unspecified atom stereocenters. The summed E-state index contributed by atoms with van der Waals surface area (Å²) in [5.41, 5.74) is 0.955. The molecule has 196 valence electrons. The van der Waals surface area contributed by atoms with Crippen molar-refractivity contribution >= 4 is 34.1 Å². The van der Waals surface area contributed by atoms with Gasteiger partial charge in [-0.2, -0.15) is 0 Å². The van der Waals surface area contributed by atoms with Gasteiger partial charge in [0.25, 0.3) is 0 Å². The Morgan fingerprint density at radius 3 is 2.47 bits per heavy atom. The summed E-state index contributed by atoms with van der Waals surface area (Å²) in [5.74, 6) is -0.925. The number of rotatable bonds is 8. The maximum Gasteiger partial charge on any atom is 0.230 e. The summed E-state index contributed by atoms with van der Waals surface area (Å²) in [6, 6.07) is 12.5. The van der Waals surface area contributed by atoms with E-state index in [1.807, 2.05) is 20.8 Å². The molecule has 0 N–H and O–H groups in total. The lowest BCUT2D eigenvalue weighted by molar-refractivity contribution is -0.126. The van der Waals surface area contributed by atoms with E-state index in [0.29, 0.717) is 27.8 Å². The third-order valence-corrected chi connectivity index (χ3v) is 6.63. The second-order valence-electron chi connectivity index (χ2n) is 10.2. The van der Waals surface area contributed by atoms with Crippen LogP contribution in [0.25, 0.3) is 10.9 Å². The van der Waals surface area contributed by atoms with E-state index < -0.39 is 17.0 Å². The van der Waals surface area contributed by atoms with Gasteiger partial charge in [-0.25, -0.2) is 18.7 Å². The average Bonchev–Trinajstić information content (AvgIpc) is 2.85. The van der Waals surface area contributed by atoms with Crippen molar-refractivity contribution < 1.29 is 23.1 Å². The number of ketones is 2. The van der Waals surface area contributed by atoms with E-state index in [0.717, 1.165) is 0 Å². The van der Waals surface area contributed by atoms with Crippen LogP contribution in [0.4, 0.5) is 8.78 Å². The zero-order valence-electron chi connectivity index (χ0n) is 21.6. The number of carbonyl (C=O) groups excluding carboxylic acids is 2. The third-order valence-electron chi connectivity index (χ3n) is 6.31. The zero-order chi connectivity index (χ0) is 27.6. The summed E-state index contributed by atoms with van der Waals surface area (Å²) in [5, 5.41) is 0.546. The van der Waals surface area contributed by atoms with Crippen molar-refractivity contribution in [1.82, 2.24) is 9.97 Å². The van der Waals surface area contributed by atoms with Crippen LogP contribution in [0, 0.1) is 24.0 Å². The van der Waals surface area contributed by atoms with Crippen molar-refractivity contribution in [2.45, 2.75) is 47.0 Å². The van der Waals surface area contributed by atoms with Crippen LogP contribution in [0.2, 0.25) is 5.02 Å². The SMILES string of the molecule is Cc1cc(Oc2ncnc3c(CC(=O)c4c(Cl)ccc(CCC(=O)C(C)(C)C)c4F)cccc23)ccc1F. The number of halogens is 3. The van der Waals surface area contributed by atoms with Gasteiger partial charge in [-0.15, -0.1) is 0 Å². The number of nitrogens with zero attached hydrogens (tertiary/aromatic N) is 2. The lowest BCUT2D eigenvalue weighted by Crippen LogP contribution is -2.20. The van der Waals surface area contributed by atoms with Gasteiger partial charge in [-0.05, 0) is 60.4 Å². The molecular formula is C30H27ClF2N2O3. The van der Waals surface area contributed by atoms with E-state index in [-0.39, 0.29) is 52.9 Å². The minimum atomic E-state index is -0.713. The molecule has 4 aromatic rings. The number of aryl methyl sites for hydroxylation is 2. The van der Waals surface area contributed by atoms with E-state index in [4.69, 9.17) is 16.3 Å². The minimum Gasteiger partial charge on any atom is -0.438 e. The molecule has 0 amide bonds. The molecule has 1 aromatic heterocycles. The van der Waals surface area contributed by atoms with Gasteiger partial charge in [0.15, 0.2) is 5.78 Å². The van der Waals surface area contributed by atoms with Crippen LogP contribution in [0.5, 0.6) is 11.6 Å². The monoisotopic (exact) mass is 536 g/mol. The van der Waals surface area contributed by atoms with E-state index in [1.165, 1.54) is 30.6 Å². The van der Waals surface area contributed by atoms with Crippen LogP contribution >= 0.6 is 11.6 Å². The topological polar surface area (TPSA) is 69.2 Å². The second-order valence-corrected chi connectivity index (χ2v) is 10.6. The summed E-state index contributed by atoms with van der Waals surface area (Å²) in [4.78, 5) is 34.1. The normalized spacial score (nSPS) is 11.6. The first-order chi connectivity index (χ1) is 18.0. The molecule has 0 radical (unpaired) electrons. The first-order valence-electron chi connectivity index (χ1n) is 12.2. The van der Waals surface area contributed by atoms with Crippen molar-refractivity contribution in [3.8, 4) is 11.6 Å². The molecule has 0 bridgehead atoms. The van der Waals surface area contributed by atoms with Crippen molar-refractivity contribution in [2.24, 2.45) is 5.41 Å². The third kappa shape index (κ3) is 5.89. The molecule has 0 saturated heterocycles. The summed E-state index contributed by atoms with van der Waals surface area (Å²) in [7, 11) is 0. The predicted molar refractivity (Wildman–Crippen MR) is 143 cm³/mol. The molecule has 8 heteroatoms.